The minimum Gasteiger partial charge on any atom is -0.469 e. The van der Waals surface area contributed by atoms with Crippen LogP contribution in [0.5, 0.6) is 5.88 Å². The van der Waals surface area contributed by atoms with Gasteiger partial charge in [0.05, 0.1) is 24.5 Å². The summed E-state index contributed by atoms with van der Waals surface area (Å²) in [7, 11) is 0. The number of nitrogens with one attached hydrogen (secondary N) is 1. The number of aromatic amines is 1. The van der Waals surface area contributed by atoms with Crippen LogP contribution in [-0.4, -0.2) is 67.9 Å². The maximum Gasteiger partial charge on any atom is 0.213 e. The van der Waals surface area contributed by atoms with Crippen molar-refractivity contribution in [2.45, 2.75) is 24.4 Å². The van der Waals surface area contributed by atoms with Gasteiger partial charge in [-0.05, 0) is 30.3 Å². The molecule has 1 aromatic carbocycles. The molecule has 6 rings (SSSR count). The second kappa shape index (κ2) is 8.56. The summed E-state index contributed by atoms with van der Waals surface area (Å²) in [6, 6.07) is 13.7. The van der Waals surface area contributed by atoms with Crippen LogP contribution in [0.4, 0.5) is 4.39 Å². The third-order valence-corrected chi connectivity index (χ3v) is 5.94. The number of hydrogen-bond acceptors (Lipinski definition) is 8. The fraction of sp³-hybridized carbons (Fsp3) is 0.250. The molecule has 3 aromatic heterocycles. The molecule has 2 aliphatic rings. The first-order chi connectivity index (χ1) is 16.7. The molecule has 0 amide bonds. The molecule has 5 heterocycles. The topological polar surface area (TPSA) is 115 Å². The van der Waals surface area contributed by atoms with E-state index >= 15 is 0 Å². The number of aliphatic hydroxyl groups is 1. The smallest absolute Gasteiger partial charge is 0.213 e. The van der Waals surface area contributed by atoms with E-state index in [4.69, 9.17) is 14.2 Å². The van der Waals surface area contributed by atoms with Gasteiger partial charge in [-0.3, -0.25) is 4.98 Å². The molecule has 9 nitrogen and oxygen atoms in total. The van der Waals surface area contributed by atoms with Crippen molar-refractivity contribution in [1.82, 2.24) is 25.1 Å². The second-order valence-corrected chi connectivity index (χ2v) is 8.14. The monoisotopic (exact) mass is 461 g/mol. The van der Waals surface area contributed by atoms with Gasteiger partial charge in [-0.15, -0.1) is 10.2 Å². The molecule has 2 fully saturated rings. The molecular weight excluding hydrogens is 441 g/mol. The number of aromatic nitrogens is 5. The maximum atomic E-state index is 14.0. The van der Waals surface area contributed by atoms with Crippen LogP contribution >= 0.6 is 0 Å². The van der Waals surface area contributed by atoms with E-state index in [1.807, 2.05) is 18.2 Å². The van der Waals surface area contributed by atoms with E-state index in [0.29, 0.717) is 29.7 Å². The lowest BCUT2D eigenvalue weighted by Crippen LogP contribution is -2.34. The van der Waals surface area contributed by atoms with Crippen LogP contribution < -0.4 is 4.74 Å². The molecule has 172 valence electrons. The second-order valence-electron chi connectivity index (χ2n) is 8.14. The van der Waals surface area contributed by atoms with E-state index in [0.717, 1.165) is 16.8 Å². The van der Waals surface area contributed by atoms with Gasteiger partial charge in [0, 0.05) is 29.6 Å². The summed E-state index contributed by atoms with van der Waals surface area (Å²) >= 11 is 0. The molecule has 0 spiro atoms. The molecule has 0 saturated carbocycles. The van der Waals surface area contributed by atoms with E-state index in [9.17, 15) is 9.50 Å². The first-order valence-corrected chi connectivity index (χ1v) is 10.8. The molecular formula is C24H20FN5O4. The van der Waals surface area contributed by atoms with Crippen molar-refractivity contribution in [3.63, 3.8) is 0 Å². The van der Waals surface area contributed by atoms with Crippen molar-refractivity contribution in [2.75, 3.05) is 13.2 Å². The molecule has 4 atom stereocenters. The molecule has 0 aliphatic carbocycles. The lowest BCUT2D eigenvalue weighted by molar-refractivity contribution is 0.00780. The van der Waals surface area contributed by atoms with Crippen molar-refractivity contribution in [3.8, 4) is 39.9 Å². The Kier molecular flexibility index (Phi) is 5.25. The molecule has 0 bridgehead atoms. The quantitative estimate of drug-likeness (QED) is 0.466. The number of ether oxygens (including phenoxy) is 3. The van der Waals surface area contributed by atoms with Crippen molar-refractivity contribution in [2.24, 2.45) is 0 Å². The minimum atomic E-state index is -0.619. The fourth-order valence-corrected chi connectivity index (χ4v) is 4.17. The zero-order chi connectivity index (χ0) is 23.1. The first kappa shape index (κ1) is 20.8. The van der Waals surface area contributed by atoms with Gasteiger partial charge in [-0.1, -0.05) is 12.1 Å². The highest BCUT2D eigenvalue weighted by Crippen LogP contribution is 2.30. The Morgan fingerprint density at radius 2 is 1.68 bits per heavy atom. The van der Waals surface area contributed by atoms with Crippen LogP contribution in [0, 0.1) is 5.82 Å². The first-order valence-electron chi connectivity index (χ1n) is 10.8. The van der Waals surface area contributed by atoms with Gasteiger partial charge < -0.3 is 24.3 Å². The largest absolute Gasteiger partial charge is 0.469 e. The lowest BCUT2D eigenvalue weighted by Gasteiger charge is -2.17. The summed E-state index contributed by atoms with van der Waals surface area (Å²) < 4.78 is 31.1. The maximum absolute atomic E-state index is 14.0. The van der Waals surface area contributed by atoms with Crippen LogP contribution in [0.3, 0.4) is 0 Å². The predicted octanol–water partition coefficient (Wildman–Crippen LogP) is 2.64. The summed E-state index contributed by atoms with van der Waals surface area (Å²) in [6.07, 6.45) is 1.78. The van der Waals surface area contributed by atoms with Gasteiger partial charge in [0.15, 0.2) is 17.8 Å². The highest BCUT2D eigenvalue weighted by atomic mass is 19.1. The normalized spacial score (nSPS) is 23.7. The number of nitrogens with zero attached hydrogens (tertiary/aromatic N) is 4. The summed E-state index contributed by atoms with van der Waals surface area (Å²) in [6.45, 7) is 0.598. The van der Waals surface area contributed by atoms with Crippen molar-refractivity contribution < 1.29 is 23.7 Å². The van der Waals surface area contributed by atoms with E-state index in [1.165, 1.54) is 6.07 Å². The zero-order valence-corrected chi connectivity index (χ0v) is 17.8. The van der Waals surface area contributed by atoms with Gasteiger partial charge in [0.25, 0.3) is 0 Å². The lowest BCUT2D eigenvalue weighted by atomic mass is 10.1. The highest BCUT2D eigenvalue weighted by Gasteiger charge is 2.48. The summed E-state index contributed by atoms with van der Waals surface area (Å²) in [4.78, 5) is 11.9. The van der Waals surface area contributed by atoms with Crippen molar-refractivity contribution in [3.05, 3.63) is 66.7 Å². The molecule has 2 aliphatic heterocycles. The molecule has 0 unspecified atom stereocenters. The number of hydrogen-bond donors (Lipinski definition) is 2. The fourth-order valence-electron chi connectivity index (χ4n) is 4.17. The number of pyridine rings is 2. The van der Waals surface area contributed by atoms with Gasteiger partial charge >= 0.3 is 0 Å². The SMILES string of the molecule is O[C@@H]1CO[C@H]2[C@@H]1OC[C@@H]2Oc1ccc(-c2ccc(-c3nnc(-c4ccccc4F)[nH]3)cn2)cn1. The van der Waals surface area contributed by atoms with Crippen molar-refractivity contribution >= 4 is 0 Å². The molecule has 10 heteroatoms. The molecule has 2 saturated heterocycles. The molecule has 2 N–H and O–H groups in total. The average molecular weight is 461 g/mol. The number of aliphatic hydroxyl groups excluding tert-OH is 1. The standard InChI is InChI=1S/C24H20FN5O4/c25-16-4-2-1-3-15(16)24-28-23(29-30-24)14-5-7-17(26-10-14)13-6-8-20(27-9-13)34-19-12-33-21-18(31)11-32-22(19)21/h1-10,18-19,21-22,31H,11-12H2,(H,28,29,30)/t18-,19+,21-,22-/m1/s1. The third kappa shape index (κ3) is 3.81. The van der Waals surface area contributed by atoms with Gasteiger partial charge in [0.1, 0.15) is 24.1 Å². The Morgan fingerprint density at radius 3 is 2.47 bits per heavy atom. The van der Waals surface area contributed by atoms with Gasteiger partial charge in [-0.25, -0.2) is 9.37 Å². The van der Waals surface area contributed by atoms with Crippen LogP contribution in [0.25, 0.3) is 34.0 Å². The zero-order valence-electron chi connectivity index (χ0n) is 17.8. The van der Waals surface area contributed by atoms with Gasteiger partial charge in [0.2, 0.25) is 5.88 Å². The number of rotatable bonds is 5. The summed E-state index contributed by atoms with van der Waals surface area (Å²) in [5.41, 5.74) is 2.62. The van der Waals surface area contributed by atoms with E-state index in [2.05, 4.69) is 25.1 Å². The third-order valence-electron chi connectivity index (χ3n) is 5.94. The number of fused-ring (bicyclic) bond motifs is 1. The van der Waals surface area contributed by atoms with Gasteiger partial charge in [-0.2, -0.15) is 0 Å². The number of benzene rings is 1. The Labute approximate surface area is 193 Å². The molecule has 0 radical (unpaired) electrons. The summed E-state index contributed by atoms with van der Waals surface area (Å²) in [5, 5.41) is 18.0. The van der Waals surface area contributed by atoms with E-state index < -0.39 is 6.10 Å². The number of halogens is 1. The Morgan fingerprint density at radius 1 is 0.882 bits per heavy atom. The van der Waals surface area contributed by atoms with Crippen molar-refractivity contribution in [1.29, 1.82) is 0 Å². The number of H-pyrrole nitrogens is 1. The summed E-state index contributed by atoms with van der Waals surface area (Å²) in [5.74, 6) is 0.929. The minimum absolute atomic E-state index is 0.252. The average Bonchev–Trinajstić information content (AvgIpc) is 3.59. The van der Waals surface area contributed by atoms with E-state index in [1.54, 1.807) is 36.7 Å². The van der Waals surface area contributed by atoms with Crippen LogP contribution in [0.15, 0.2) is 60.9 Å². The highest BCUT2D eigenvalue weighted by molar-refractivity contribution is 5.64. The van der Waals surface area contributed by atoms with E-state index in [-0.39, 0.29) is 30.7 Å². The van der Waals surface area contributed by atoms with Crippen LogP contribution in [-0.2, 0) is 9.47 Å². The Balaban J connectivity index is 1.14. The van der Waals surface area contributed by atoms with Crippen LogP contribution in [0.1, 0.15) is 0 Å². The molecule has 34 heavy (non-hydrogen) atoms. The predicted molar refractivity (Wildman–Crippen MR) is 118 cm³/mol. The van der Waals surface area contributed by atoms with Crippen LogP contribution in [0.2, 0.25) is 0 Å². The molecule has 4 aromatic rings. The Bertz CT molecular complexity index is 1300. The Hall–Kier alpha value is -3.73.